The highest BCUT2D eigenvalue weighted by Crippen LogP contribution is 2.31. The molecule has 0 unspecified atom stereocenters. The van der Waals surface area contributed by atoms with Crippen LogP contribution < -0.4 is 5.43 Å². The second-order valence-corrected chi connectivity index (χ2v) is 6.35. The largest absolute Gasteiger partial charge is 0.507 e. The predicted molar refractivity (Wildman–Crippen MR) is 105 cm³/mol. The van der Waals surface area contributed by atoms with Crippen LogP contribution in [0.4, 0.5) is 0 Å². The number of phenols is 1. The number of hydrogen-bond acceptors (Lipinski definition) is 5. The number of aromatic nitrogens is 4. The van der Waals surface area contributed by atoms with Crippen LogP contribution in [0, 0.1) is 0 Å². The Morgan fingerprint density at radius 1 is 0.857 bits per heavy atom. The Balaban J connectivity index is 1.61. The van der Waals surface area contributed by atoms with Gasteiger partial charge in [-0.1, -0.05) is 24.3 Å². The Bertz CT molecular complexity index is 1320. The SMILES string of the molecule is O=c1c(-c2ccc(-c3cnc[nH]3)cc2)coc2cc(-c3cnc[nH]3)cc(O)c12. The second kappa shape index (κ2) is 6.24. The van der Waals surface area contributed by atoms with Gasteiger partial charge in [-0.05, 0) is 23.3 Å². The van der Waals surface area contributed by atoms with E-state index >= 15 is 0 Å². The molecule has 0 atom stereocenters. The van der Waals surface area contributed by atoms with Crippen molar-refractivity contribution in [2.45, 2.75) is 0 Å². The van der Waals surface area contributed by atoms with E-state index in [2.05, 4.69) is 19.9 Å². The van der Waals surface area contributed by atoms with Crippen molar-refractivity contribution in [3.05, 3.63) is 77.9 Å². The van der Waals surface area contributed by atoms with E-state index in [1.807, 2.05) is 24.3 Å². The molecule has 5 aromatic rings. The summed E-state index contributed by atoms with van der Waals surface area (Å²) in [7, 11) is 0. The fourth-order valence-corrected chi connectivity index (χ4v) is 3.24. The number of rotatable bonds is 3. The molecule has 3 aromatic heterocycles. The summed E-state index contributed by atoms with van der Waals surface area (Å²) in [6, 6.07) is 10.7. The van der Waals surface area contributed by atoms with Gasteiger partial charge in [0.25, 0.3) is 0 Å². The second-order valence-electron chi connectivity index (χ2n) is 6.35. The lowest BCUT2D eigenvalue weighted by atomic mass is 10.0. The summed E-state index contributed by atoms with van der Waals surface area (Å²) < 4.78 is 5.69. The van der Waals surface area contributed by atoms with Crippen LogP contribution in [0.15, 0.2) is 76.9 Å². The minimum Gasteiger partial charge on any atom is -0.507 e. The number of aromatic hydroxyl groups is 1. The highest BCUT2D eigenvalue weighted by Gasteiger charge is 2.15. The lowest BCUT2D eigenvalue weighted by Crippen LogP contribution is -2.05. The van der Waals surface area contributed by atoms with Crippen molar-refractivity contribution in [2.24, 2.45) is 0 Å². The highest BCUT2D eigenvalue weighted by atomic mass is 16.3. The third-order valence-corrected chi connectivity index (χ3v) is 4.67. The zero-order valence-electron chi connectivity index (χ0n) is 14.5. The number of nitrogens with zero attached hydrogens (tertiary/aromatic N) is 2. The molecular weight excluding hydrogens is 356 g/mol. The number of phenolic OH excluding ortho intramolecular Hbond substituents is 1. The fourth-order valence-electron chi connectivity index (χ4n) is 3.24. The number of aromatic amines is 2. The predicted octanol–water partition coefficient (Wildman–Crippen LogP) is 3.95. The van der Waals surface area contributed by atoms with Gasteiger partial charge in [0, 0.05) is 5.56 Å². The zero-order valence-corrected chi connectivity index (χ0v) is 14.5. The van der Waals surface area contributed by atoms with Gasteiger partial charge in [-0.2, -0.15) is 0 Å². The zero-order chi connectivity index (χ0) is 19.1. The summed E-state index contributed by atoms with van der Waals surface area (Å²) in [6.45, 7) is 0. The van der Waals surface area contributed by atoms with Crippen molar-refractivity contribution in [3.63, 3.8) is 0 Å². The molecule has 0 bridgehead atoms. The summed E-state index contributed by atoms with van der Waals surface area (Å²) >= 11 is 0. The maximum absolute atomic E-state index is 13.0. The number of hydrogen-bond donors (Lipinski definition) is 3. The van der Waals surface area contributed by atoms with Crippen LogP contribution in [-0.4, -0.2) is 25.0 Å². The highest BCUT2D eigenvalue weighted by molar-refractivity contribution is 5.90. The first-order valence-corrected chi connectivity index (χ1v) is 8.57. The number of fused-ring (bicyclic) bond motifs is 1. The molecule has 7 nitrogen and oxygen atoms in total. The van der Waals surface area contributed by atoms with Gasteiger partial charge in [0.2, 0.25) is 5.43 Å². The van der Waals surface area contributed by atoms with Gasteiger partial charge < -0.3 is 19.5 Å². The number of nitrogens with one attached hydrogen (secondary N) is 2. The van der Waals surface area contributed by atoms with Crippen molar-refractivity contribution in [2.75, 3.05) is 0 Å². The average molecular weight is 370 g/mol. The average Bonchev–Trinajstić information content (AvgIpc) is 3.42. The molecule has 0 spiro atoms. The van der Waals surface area contributed by atoms with Gasteiger partial charge in [-0.3, -0.25) is 4.79 Å². The first kappa shape index (κ1) is 16.1. The quantitative estimate of drug-likeness (QED) is 0.446. The maximum Gasteiger partial charge on any atom is 0.204 e. The van der Waals surface area contributed by atoms with E-state index in [-0.39, 0.29) is 16.6 Å². The Hall–Kier alpha value is -4.13. The van der Waals surface area contributed by atoms with Crippen molar-refractivity contribution in [3.8, 4) is 39.4 Å². The molecule has 0 saturated heterocycles. The lowest BCUT2D eigenvalue weighted by Gasteiger charge is -2.07. The van der Waals surface area contributed by atoms with E-state index in [9.17, 15) is 9.90 Å². The Morgan fingerprint density at radius 2 is 1.50 bits per heavy atom. The maximum atomic E-state index is 13.0. The van der Waals surface area contributed by atoms with E-state index in [1.165, 1.54) is 12.3 Å². The molecule has 5 rings (SSSR count). The van der Waals surface area contributed by atoms with Crippen LogP contribution in [0.5, 0.6) is 5.75 Å². The van der Waals surface area contributed by atoms with Crippen LogP contribution in [0.1, 0.15) is 0 Å². The number of H-pyrrole nitrogens is 2. The fraction of sp³-hybridized carbons (Fsp3) is 0. The Kier molecular flexibility index (Phi) is 3.58. The molecule has 136 valence electrons. The molecule has 0 saturated carbocycles. The molecule has 3 heterocycles. The summed E-state index contributed by atoms with van der Waals surface area (Å²) in [5.74, 6) is -0.133. The molecule has 2 aromatic carbocycles. The van der Waals surface area contributed by atoms with Crippen molar-refractivity contribution in [1.82, 2.24) is 19.9 Å². The van der Waals surface area contributed by atoms with Crippen LogP contribution >= 0.6 is 0 Å². The van der Waals surface area contributed by atoms with Gasteiger partial charge in [0.05, 0.1) is 42.0 Å². The minimum absolute atomic E-state index is 0.133. The van der Waals surface area contributed by atoms with Crippen LogP contribution in [0.25, 0.3) is 44.6 Å². The lowest BCUT2D eigenvalue weighted by molar-refractivity contribution is 0.480. The molecule has 0 aliphatic carbocycles. The molecule has 7 heteroatoms. The molecule has 0 aliphatic rings. The van der Waals surface area contributed by atoms with Crippen LogP contribution in [0.3, 0.4) is 0 Å². The van der Waals surface area contributed by atoms with Crippen molar-refractivity contribution >= 4 is 11.0 Å². The molecule has 0 amide bonds. The van der Waals surface area contributed by atoms with Gasteiger partial charge in [-0.15, -0.1) is 0 Å². The molecule has 0 fully saturated rings. The summed E-state index contributed by atoms with van der Waals surface area (Å²) in [5, 5.41) is 10.6. The third kappa shape index (κ3) is 2.57. The summed E-state index contributed by atoms with van der Waals surface area (Å²) in [4.78, 5) is 27.0. The van der Waals surface area contributed by atoms with E-state index < -0.39 is 0 Å². The first-order chi connectivity index (χ1) is 13.7. The van der Waals surface area contributed by atoms with Gasteiger partial charge in [-0.25, -0.2) is 9.97 Å². The first-order valence-electron chi connectivity index (χ1n) is 8.57. The Morgan fingerprint density at radius 3 is 2.14 bits per heavy atom. The van der Waals surface area contributed by atoms with Crippen LogP contribution in [0.2, 0.25) is 0 Å². The van der Waals surface area contributed by atoms with Crippen molar-refractivity contribution < 1.29 is 9.52 Å². The smallest absolute Gasteiger partial charge is 0.204 e. The monoisotopic (exact) mass is 370 g/mol. The Labute approximate surface area is 158 Å². The topological polar surface area (TPSA) is 108 Å². The number of imidazole rings is 2. The molecule has 28 heavy (non-hydrogen) atoms. The van der Waals surface area contributed by atoms with E-state index in [0.29, 0.717) is 22.3 Å². The third-order valence-electron chi connectivity index (χ3n) is 4.67. The van der Waals surface area contributed by atoms with Gasteiger partial charge >= 0.3 is 0 Å². The number of benzene rings is 2. The molecule has 0 radical (unpaired) electrons. The molecular formula is C21H14N4O3. The van der Waals surface area contributed by atoms with Gasteiger partial charge in [0.15, 0.2) is 0 Å². The van der Waals surface area contributed by atoms with Gasteiger partial charge in [0.1, 0.15) is 23.0 Å². The van der Waals surface area contributed by atoms with Crippen molar-refractivity contribution in [1.29, 1.82) is 0 Å². The summed E-state index contributed by atoms with van der Waals surface area (Å²) in [6.07, 6.45) is 7.94. The van der Waals surface area contributed by atoms with E-state index in [0.717, 1.165) is 17.0 Å². The molecule has 0 aliphatic heterocycles. The van der Waals surface area contributed by atoms with E-state index in [4.69, 9.17) is 4.42 Å². The molecule has 3 N–H and O–H groups in total. The minimum atomic E-state index is -0.288. The van der Waals surface area contributed by atoms with Crippen LogP contribution in [-0.2, 0) is 0 Å². The summed E-state index contributed by atoms with van der Waals surface area (Å²) in [5.41, 5.74) is 4.36. The standard InChI is InChI=1S/C21H14N4O3/c26-18-5-14(17-8-23-11-25-17)6-19-20(18)21(27)15(9-28-19)12-1-3-13(4-2-12)16-7-22-10-24-16/h1-11,26H,(H,22,24)(H,23,25). The van der Waals surface area contributed by atoms with E-state index in [1.54, 1.807) is 31.1 Å². The normalized spacial score (nSPS) is 11.1.